The highest BCUT2D eigenvalue weighted by Gasteiger charge is 1.99. The Bertz CT molecular complexity index is 584. The van der Waals surface area contributed by atoms with Crippen molar-refractivity contribution in [2.45, 2.75) is 13.5 Å². The summed E-state index contributed by atoms with van der Waals surface area (Å²) >= 11 is 0. The van der Waals surface area contributed by atoms with E-state index >= 15 is 0 Å². The number of H-pyrrole nitrogens is 1. The van der Waals surface area contributed by atoms with Gasteiger partial charge in [0, 0.05) is 11.8 Å². The topological polar surface area (TPSA) is 61.6 Å². The molecule has 0 bridgehead atoms. The van der Waals surface area contributed by atoms with Crippen molar-refractivity contribution in [3.63, 3.8) is 0 Å². The lowest BCUT2D eigenvalue weighted by Crippen LogP contribution is -2.07. The molecule has 0 aliphatic heterocycles. The number of hydrogen-bond donors (Lipinski definition) is 1. The molecule has 1 aromatic carbocycles. The van der Waals surface area contributed by atoms with Crippen molar-refractivity contribution in [2.75, 3.05) is 0 Å². The van der Waals surface area contributed by atoms with Crippen molar-refractivity contribution in [1.29, 1.82) is 5.26 Å². The lowest BCUT2D eigenvalue weighted by Gasteiger charge is -2.02. The Labute approximate surface area is 92.7 Å². The molecular formula is C12H11N3O. The van der Waals surface area contributed by atoms with E-state index in [0.29, 0.717) is 17.7 Å². The van der Waals surface area contributed by atoms with Crippen molar-refractivity contribution in [3.05, 3.63) is 57.5 Å². The van der Waals surface area contributed by atoms with Crippen LogP contribution in [0.2, 0.25) is 0 Å². The van der Waals surface area contributed by atoms with Gasteiger partial charge >= 0.3 is 0 Å². The van der Waals surface area contributed by atoms with E-state index in [4.69, 9.17) is 5.26 Å². The van der Waals surface area contributed by atoms with E-state index in [1.165, 1.54) is 0 Å². The molecule has 0 saturated carbocycles. The molecule has 1 heterocycles. The Kier molecular flexibility index (Phi) is 2.61. The number of nitriles is 1. The van der Waals surface area contributed by atoms with Crippen LogP contribution in [0.1, 0.15) is 16.7 Å². The van der Waals surface area contributed by atoms with E-state index in [1.807, 2.05) is 12.1 Å². The zero-order chi connectivity index (χ0) is 11.5. The number of hydrogen-bond acceptors (Lipinski definition) is 2. The monoisotopic (exact) mass is 213 g/mol. The Morgan fingerprint density at radius 1 is 1.38 bits per heavy atom. The third kappa shape index (κ3) is 2.04. The van der Waals surface area contributed by atoms with Gasteiger partial charge < -0.3 is 0 Å². The normalized spacial score (nSPS) is 10.0. The summed E-state index contributed by atoms with van der Waals surface area (Å²) < 4.78 is 1.74. The molecule has 0 atom stereocenters. The lowest BCUT2D eigenvalue weighted by molar-refractivity contribution is 0.679. The summed E-state index contributed by atoms with van der Waals surface area (Å²) in [5.74, 6) is 0. The van der Waals surface area contributed by atoms with Gasteiger partial charge in [0.15, 0.2) is 0 Å². The highest BCUT2D eigenvalue weighted by molar-refractivity contribution is 5.31. The Morgan fingerprint density at radius 2 is 2.06 bits per heavy atom. The highest BCUT2D eigenvalue weighted by Crippen LogP contribution is 2.04. The maximum Gasteiger partial charge on any atom is 0.266 e. The Balaban J connectivity index is 2.21. The van der Waals surface area contributed by atoms with E-state index in [1.54, 1.807) is 29.9 Å². The summed E-state index contributed by atoms with van der Waals surface area (Å²) in [5.41, 5.74) is 2.33. The smallest absolute Gasteiger partial charge is 0.266 e. The Hall–Kier alpha value is -2.28. The summed E-state index contributed by atoms with van der Waals surface area (Å²) in [5, 5.41) is 11.4. The standard InChI is InChI=1S/C12H11N3O/c1-9-7-15(14-12(9)16)8-11-4-2-10(6-13)3-5-11/h2-5,7H,8H2,1H3,(H,14,16). The predicted octanol–water partition coefficient (Wildman–Crippen LogP) is 1.40. The molecule has 16 heavy (non-hydrogen) atoms. The number of aryl methyl sites for hydroxylation is 1. The van der Waals surface area contributed by atoms with Gasteiger partial charge in [-0.1, -0.05) is 12.1 Å². The van der Waals surface area contributed by atoms with Crippen LogP contribution >= 0.6 is 0 Å². The van der Waals surface area contributed by atoms with Gasteiger partial charge in [0.1, 0.15) is 0 Å². The molecule has 0 aliphatic carbocycles. The van der Waals surface area contributed by atoms with Crippen LogP contribution in [0.3, 0.4) is 0 Å². The molecule has 1 N–H and O–H groups in total. The second-order valence-electron chi connectivity index (χ2n) is 3.69. The Morgan fingerprint density at radius 3 is 2.56 bits per heavy atom. The summed E-state index contributed by atoms with van der Waals surface area (Å²) in [7, 11) is 0. The van der Waals surface area contributed by atoms with Crippen molar-refractivity contribution >= 4 is 0 Å². The first kappa shape index (κ1) is 10.2. The van der Waals surface area contributed by atoms with E-state index in [0.717, 1.165) is 5.56 Å². The molecule has 0 spiro atoms. The zero-order valence-electron chi connectivity index (χ0n) is 8.90. The molecule has 1 aromatic heterocycles. The minimum absolute atomic E-state index is 0.0614. The molecule has 80 valence electrons. The average Bonchev–Trinajstić information content (AvgIpc) is 2.59. The van der Waals surface area contributed by atoms with Crippen LogP contribution in [0, 0.1) is 18.3 Å². The first-order valence-electron chi connectivity index (χ1n) is 4.94. The van der Waals surface area contributed by atoms with Crippen LogP contribution in [0.25, 0.3) is 0 Å². The molecule has 0 aliphatic rings. The molecular weight excluding hydrogens is 202 g/mol. The maximum atomic E-state index is 11.2. The lowest BCUT2D eigenvalue weighted by atomic mass is 10.1. The van der Waals surface area contributed by atoms with Gasteiger partial charge in [0.2, 0.25) is 0 Å². The molecule has 2 aromatic rings. The second kappa shape index (κ2) is 4.07. The van der Waals surface area contributed by atoms with Crippen LogP contribution < -0.4 is 5.56 Å². The van der Waals surface area contributed by atoms with E-state index in [-0.39, 0.29) is 5.56 Å². The maximum absolute atomic E-state index is 11.2. The number of aromatic nitrogens is 2. The third-order valence-electron chi connectivity index (χ3n) is 2.39. The van der Waals surface area contributed by atoms with Gasteiger partial charge in [0.05, 0.1) is 18.2 Å². The second-order valence-corrected chi connectivity index (χ2v) is 3.69. The molecule has 0 fully saturated rings. The van der Waals surface area contributed by atoms with E-state index in [2.05, 4.69) is 11.2 Å². The van der Waals surface area contributed by atoms with Gasteiger partial charge in [-0.3, -0.25) is 14.6 Å². The first-order chi connectivity index (χ1) is 7.69. The van der Waals surface area contributed by atoms with Gasteiger partial charge in [0.25, 0.3) is 5.56 Å². The van der Waals surface area contributed by atoms with Gasteiger partial charge in [-0.25, -0.2) is 0 Å². The summed E-state index contributed by atoms with van der Waals surface area (Å²) in [6.45, 7) is 2.38. The number of rotatable bonds is 2. The molecule has 0 amide bonds. The van der Waals surface area contributed by atoms with Crippen LogP contribution in [0.4, 0.5) is 0 Å². The van der Waals surface area contributed by atoms with Gasteiger partial charge in [-0.05, 0) is 24.6 Å². The summed E-state index contributed by atoms with van der Waals surface area (Å²) in [6.07, 6.45) is 1.78. The zero-order valence-corrected chi connectivity index (χ0v) is 8.90. The molecule has 4 nitrogen and oxygen atoms in total. The molecule has 0 unspecified atom stereocenters. The molecule has 4 heteroatoms. The average molecular weight is 213 g/mol. The number of nitrogens with one attached hydrogen (secondary N) is 1. The third-order valence-corrected chi connectivity index (χ3v) is 2.39. The van der Waals surface area contributed by atoms with Crippen LogP contribution in [0.15, 0.2) is 35.3 Å². The molecule has 0 radical (unpaired) electrons. The number of benzene rings is 1. The van der Waals surface area contributed by atoms with Crippen molar-refractivity contribution in [1.82, 2.24) is 9.78 Å². The van der Waals surface area contributed by atoms with Gasteiger partial charge in [-0.2, -0.15) is 5.26 Å². The van der Waals surface area contributed by atoms with Gasteiger partial charge in [-0.15, -0.1) is 0 Å². The fourth-order valence-electron chi connectivity index (χ4n) is 1.51. The predicted molar refractivity (Wildman–Crippen MR) is 60.0 cm³/mol. The summed E-state index contributed by atoms with van der Waals surface area (Å²) in [4.78, 5) is 11.2. The molecule has 0 saturated heterocycles. The first-order valence-corrected chi connectivity index (χ1v) is 4.94. The van der Waals surface area contributed by atoms with Crippen molar-refractivity contribution in [3.8, 4) is 6.07 Å². The van der Waals surface area contributed by atoms with Crippen LogP contribution in [0.5, 0.6) is 0 Å². The fraction of sp³-hybridized carbons (Fsp3) is 0.167. The highest BCUT2D eigenvalue weighted by atomic mass is 16.1. The van der Waals surface area contributed by atoms with E-state index < -0.39 is 0 Å². The van der Waals surface area contributed by atoms with Crippen molar-refractivity contribution < 1.29 is 0 Å². The van der Waals surface area contributed by atoms with Crippen molar-refractivity contribution in [2.24, 2.45) is 0 Å². The molecule has 2 rings (SSSR count). The minimum Gasteiger partial charge on any atom is -0.288 e. The number of nitrogens with zero attached hydrogens (tertiary/aromatic N) is 2. The summed E-state index contributed by atoms with van der Waals surface area (Å²) in [6, 6.07) is 9.36. The van der Waals surface area contributed by atoms with Crippen LogP contribution in [-0.4, -0.2) is 9.78 Å². The quantitative estimate of drug-likeness (QED) is 0.819. The largest absolute Gasteiger partial charge is 0.288 e. The SMILES string of the molecule is Cc1cn(Cc2ccc(C#N)cc2)[nH]c1=O. The number of aromatic amines is 1. The fourth-order valence-corrected chi connectivity index (χ4v) is 1.51. The minimum atomic E-state index is -0.0614. The van der Waals surface area contributed by atoms with E-state index in [9.17, 15) is 4.79 Å². The van der Waals surface area contributed by atoms with Crippen LogP contribution in [-0.2, 0) is 6.54 Å².